The fraction of sp³-hybridized carbons (Fsp3) is 0.636. The number of fused-ring (bicyclic) bond motifs is 2. The number of nitrogens with one attached hydrogen (secondary N) is 1. The number of rotatable bonds is 7. The molecule has 1 aliphatic carbocycles. The van der Waals surface area contributed by atoms with E-state index in [0.717, 1.165) is 58.2 Å². The molecule has 0 aromatic heterocycles. The molecule has 0 bridgehead atoms. The van der Waals surface area contributed by atoms with Gasteiger partial charge in [0, 0.05) is 20.2 Å². The largest absolute Gasteiger partial charge is 0.469 e. The summed E-state index contributed by atoms with van der Waals surface area (Å²) in [6.07, 6.45) is 6.99. The van der Waals surface area contributed by atoms with Crippen molar-refractivity contribution < 1.29 is 15.8 Å². The van der Waals surface area contributed by atoms with Gasteiger partial charge >= 0.3 is 5.97 Å². The number of carbonyl (C=O) groups excluding carboxylic acids is 2. The summed E-state index contributed by atoms with van der Waals surface area (Å²) in [4.78, 5) is 25.3. The number of methoxy groups -OCH3 is 1. The molecule has 3 rings (SSSR count). The summed E-state index contributed by atoms with van der Waals surface area (Å²) in [7, 11) is 1.45. The standard InChI is InChI=1S/C22H32N2O3.H2/c1-17(25)23-20-16-22(19-9-6-5-8-18(19)20)11-14-24(15-12-22)13-7-3-4-10-21(26)27-2;/h5-6,8-9,20H,3-4,7,10-16H2,1-2H3,(H,23,25);1H/t20-;/m0./s1. The van der Waals surface area contributed by atoms with Crippen molar-refractivity contribution in [1.82, 2.24) is 10.2 Å². The number of nitrogens with zero attached hydrogens (tertiary/aromatic N) is 1. The summed E-state index contributed by atoms with van der Waals surface area (Å²) in [5.41, 5.74) is 2.97. The van der Waals surface area contributed by atoms with E-state index in [1.165, 1.54) is 18.2 Å². The van der Waals surface area contributed by atoms with Gasteiger partial charge in [-0.05, 0) is 62.9 Å². The van der Waals surface area contributed by atoms with Gasteiger partial charge in [-0.2, -0.15) is 0 Å². The highest BCUT2D eigenvalue weighted by Gasteiger charge is 2.45. The molecule has 1 heterocycles. The van der Waals surface area contributed by atoms with Gasteiger partial charge in [-0.25, -0.2) is 0 Å². The monoisotopic (exact) mass is 374 g/mol. The Morgan fingerprint density at radius 1 is 1.22 bits per heavy atom. The van der Waals surface area contributed by atoms with E-state index in [-0.39, 0.29) is 24.8 Å². The predicted molar refractivity (Wildman–Crippen MR) is 108 cm³/mol. The van der Waals surface area contributed by atoms with Crippen LogP contribution in [-0.2, 0) is 19.7 Å². The van der Waals surface area contributed by atoms with Crippen LogP contribution in [0.5, 0.6) is 0 Å². The topological polar surface area (TPSA) is 58.6 Å². The van der Waals surface area contributed by atoms with Crippen LogP contribution < -0.4 is 5.32 Å². The van der Waals surface area contributed by atoms with E-state index >= 15 is 0 Å². The van der Waals surface area contributed by atoms with E-state index in [1.54, 1.807) is 6.92 Å². The van der Waals surface area contributed by atoms with Gasteiger partial charge in [-0.3, -0.25) is 9.59 Å². The highest BCUT2D eigenvalue weighted by molar-refractivity contribution is 5.74. The van der Waals surface area contributed by atoms with E-state index in [0.29, 0.717) is 6.42 Å². The molecule has 1 aromatic rings. The minimum Gasteiger partial charge on any atom is -0.469 e. The van der Waals surface area contributed by atoms with E-state index in [1.807, 2.05) is 0 Å². The fourth-order valence-electron chi connectivity index (χ4n) is 4.83. The summed E-state index contributed by atoms with van der Waals surface area (Å²) >= 11 is 0. The number of piperidine rings is 1. The minimum absolute atomic E-state index is 0. The summed E-state index contributed by atoms with van der Waals surface area (Å²) in [5.74, 6) is -0.0558. The Labute approximate surface area is 163 Å². The Balaban J connectivity index is 0.00000280. The van der Waals surface area contributed by atoms with Crippen LogP contribution >= 0.6 is 0 Å². The van der Waals surface area contributed by atoms with Crippen molar-refractivity contribution in [1.29, 1.82) is 0 Å². The molecule has 2 aliphatic rings. The third-order valence-electron chi connectivity index (χ3n) is 6.28. The van der Waals surface area contributed by atoms with Gasteiger partial charge in [-0.1, -0.05) is 30.7 Å². The van der Waals surface area contributed by atoms with Crippen LogP contribution in [0.3, 0.4) is 0 Å². The van der Waals surface area contributed by atoms with E-state index in [2.05, 4.69) is 39.2 Å². The number of likely N-dealkylation sites (tertiary alicyclic amines) is 1. The Morgan fingerprint density at radius 2 is 1.96 bits per heavy atom. The normalized spacial score (nSPS) is 21.0. The summed E-state index contributed by atoms with van der Waals surface area (Å²) < 4.78 is 4.69. The molecule has 1 atom stereocenters. The first-order chi connectivity index (χ1) is 13.0. The van der Waals surface area contributed by atoms with Crippen molar-refractivity contribution >= 4 is 11.9 Å². The number of hydrogen-bond donors (Lipinski definition) is 1. The zero-order valence-corrected chi connectivity index (χ0v) is 16.6. The molecule has 0 saturated carbocycles. The smallest absolute Gasteiger partial charge is 0.305 e. The quantitative estimate of drug-likeness (QED) is 0.585. The van der Waals surface area contributed by atoms with Crippen molar-refractivity contribution in [3.05, 3.63) is 35.4 Å². The van der Waals surface area contributed by atoms with Crippen LogP contribution in [0, 0.1) is 0 Å². The zero-order valence-electron chi connectivity index (χ0n) is 16.6. The lowest BCUT2D eigenvalue weighted by molar-refractivity contribution is -0.140. The lowest BCUT2D eigenvalue weighted by atomic mass is 9.73. The number of amides is 1. The summed E-state index contributed by atoms with van der Waals surface area (Å²) in [6.45, 7) is 4.93. The number of carbonyl (C=O) groups is 2. The Bertz CT molecular complexity index is 672. The summed E-state index contributed by atoms with van der Waals surface area (Å²) in [6, 6.07) is 8.81. The van der Waals surface area contributed by atoms with Gasteiger partial charge in [-0.15, -0.1) is 0 Å². The predicted octanol–water partition coefficient (Wildman–Crippen LogP) is 3.58. The van der Waals surface area contributed by atoms with E-state index < -0.39 is 0 Å². The fourth-order valence-corrected chi connectivity index (χ4v) is 4.83. The molecule has 1 amide bonds. The molecule has 0 unspecified atom stereocenters. The maximum atomic E-state index is 11.6. The van der Waals surface area contributed by atoms with Crippen LogP contribution in [0.1, 0.15) is 70.5 Å². The minimum atomic E-state index is -0.108. The van der Waals surface area contributed by atoms with Crippen molar-refractivity contribution in [3.8, 4) is 0 Å². The first kappa shape index (κ1) is 19.9. The molecule has 1 fully saturated rings. The Hall–Kier alpha value is -1.88. The number of benzene rings is 1. The van der Waals surface area contributed by atoms with Gasteiger partial charge < -0.3 is 15.0 Å². The molecule has 27 heavy (non-hydrogen) atoms. The van der Waals surface area contributed by atoms with E-state index in [9.17, 15) is 9.59 Å². The van der Waals surface area contributed by atoms with Crippen molar-refractivity contribution in [2.45, 2.75) is 63.3 Å². The van der Waals surface area contributed by atoms with Gasteiger partial charge in [0.1, 0.15) is 0 Å². The molecule has 1 saturated heterocycles. The number of esters is 1. The highest BCUT2D eigenvalue weighted by atomic mass is 16.5. The van der Waals surface area contributed by atoms with Gasteiger partial charge in [0.15, 0.2) is 0 Å². The molecule has 1 spiro atoms. The summed E-state index contributed by atoms with van der Waals surface area (Å²) in [5, 5.41) is 3.15. The van der Waals surface area contributed by atoms with Gasteiger partial charge in [0.05, 0.1) is 13.2 Å². The van der Waals surface area contributed by atoms with Crippen LogP contribution in [0.2, 0.25) is 0 Å². The van der Waals surface area contributed by atoms with Gasteiger partial charge in [0.25, 0.3) is 0 Å². The lowest BCUT2D eigenvalue weighted by Gasteiger charge is -2.40. The van der Waals surface area contributed by atoms with Crippen LogP contribution in [0.15, 0.2) is 24.3 Å². The molecular formula is C22H34N2O3. The third-order valence-corrected chi connectivity index (χ3v) is 6.28. The molecule has 1 N–H and O–H groups in total. The van der Waals surface area contributed by atoms with Crippen molar-refractivity contribution in [3.63, 3.8) is 0 Å². The Kier molecular flexibility index (Phi) is 6.53. The SMILES string of the molecule is COC(=O)CCCCCN1CCC2(CC1)C[C@H](NC(C)=O)c1ccccc12.[HH]. The number of unbranched alkanes of at least 4 members (excludes halogenated alkanes) is 2. The van der Waals surface area contributed by atoms with E-state index in [4.69, 9.17) is 0 Å². The maximum absolute atomic E-state index is 11.6. The van der Waals surface area contributed by atoms with Gasteiger partial charge in [0.2, 0.25) is 5.91 Å². The number of ether oxygens (including phenoxy) is 1. The molecule has 5 nitrogen and oxygen atoms in total. The van der Waals surface area contributed by atoms with Crippen molar-refractivity contribution in [2.24, 2.45) is 0 Å². The van der Waals surface area contributed by atoms with Crippen LogP contribution in [0.25, 0.3) is 0 Å². The lowest BCUT2D eigenvalue weighted by Crippen LogP contribution is -2.42. The zero-order chi connectivity index (χ0) is 19.3. The van der Waals surface area contributed by atoms with Crippen molar-refractivity contribution in [2.75, 3.05) is 26.7 Å². The first-order valence-electron chi connectivity index (χ1n) is 10.2. The number of hydrogen-bond acceptors (Lipinski definition) is 4. The second kappa shape index (κ2) is 8.87. The average Bonchev–Trinajstić information content (AvgIpc) is 2.96. The average molecular weight is 375 g/mol. The second-order valence-electron chi connectivity index (χ2n) is 8.05. The first-order valence-corrected chi connectivity index (χ1v) is 10.2. The van der Waals surface area contributed by atoms with Crippen LogP contribution in [-0.4, -0.2) is 43.5 Å². The molecule has 150 valence electrons. The molecule has 1 aliphatic heterocycles. The molecular weight excluding hydrogens is 340 g/mol. The molecule has 5 heteroatoms. The van der Waals surface area contributed by atoms with Crippen LogP contribution in [0.4, 0.5) is 0 Å². The Morgan fingerprint density at radius 3 is 2.67 bits per heavy atom. The highest BCUT2D eigenvalue weighted by Crippen LogP contribution is 2.50. The maximum Gasteiger partial charge on any atom is 0.305 e. The molecule has 0 radical (unpaired) electrons. The molecule has 1 aromatic carbocycles. The third kappa shape index (κ3) is 4.70. The second-order valence-corrected chi connectivity index (χ2v) is 8.05.